The normalized spacial score (nSPS) is 11.1. The summed E-state index contributed by atoms with van der Waals surface area (Å²) in [6.07, 6.45) is 6.42. The third-order valence-corrected chi connectivity index (χ3v) is 2.73. The monoisotopic (exact) mass is 274 g/mol. The third kappa shape index (κ3) is 1.91. The molecular formula is C12H10N4O4. The minimum Gasteiger partial charge on any atom is -0.475 e. The number of nitrogens with zero attached hydrogens (tertiary/aromatic N) is 4. The molecule has 0 radical (unpaired) electrons. The topological polar surface area (TPSA) is 103 Å². The van der Waals surface area contributed by atoms with Crippen LogP contribution in [-0.2, 0) is 11.3 Å². The molecule has 0 saturated heterocycles. The largest absolute Gasteiger partial charge is 0.475 e. The van der Waals surface area contributed by atoms with Gasteiger partial charge in [0.05, 0.1) is 30.1 Å². The van der Waals surface area contributed by atoms with E-state index in [0.29, 0.717) is 11.1 Å². The molecule has 0 aliphatic carbocycles. The van der Waals surface area contributed by atoms with E-state index in [1.165, 1.54) is 7.11 Å². The molecule has 0 aliphatic rings. The minimum absolute atomic E-state index is 0.0581. The van der Waals surface area contributed by atoms with Crippen molar-refractivity contribution in [1.29, 1.82) is 0 Å². The molecule has 8 heteroatoms. The number of methoxy groups -OCH3 is 1. The molecular weight excluding hydrogens is 264 g/mol. The smallest absolute Gasteiger partial charge is 0.373 e. The first kappa shape index (κ1) is 12.3. The maximum Gasteiger partial charge on any atom is 0.373 e. The lowest BCUT2D eigenvalue weighted by Gasteiger charge is -1.92. The van der Waals surface area contributed by atoms with E-state index in [-0.39, 0.29) is 24.0 Å². The number of aromatic nitrogens is 4. The Balaban J connectivity index is 2.14. The van der Waals surface area contributed by atoms with Crippen molar-refractivity contribution in [1.82, 2.24) is 19.6 Å². The van der Waals surface area contributed by atoms with Crippen LogP contribution in [0.2, 0.25) is 0 Å². The number of aromatic carboxylic acids is 1. The number of rotatable bonds is 4. The van der Waals surface area contributed by atoms with Crippen LogP contribution in [0.3, 0.4) is 0 Å². The average molecular weight is 274 g/mol. The number of carboxylic acids is 1. The van der Waals surface area contributed by atoms with Crippen LogP contribution in [0.15, 0.2) is 29.2 Å². The summed E-state index contributed by atoms with van der Waals surface area (Å²) < 4.78 is 11.8. The van der Waals surface area contributed by atoms with Gasteiger partial charge in [-0.25, -0.2) is 14.3 Å². The highest BCUT2D eigenvalue weighted by atomic mass is 16.5. The van der Waals surface area contributed by atoms with E-state index in [2.05, 4.69) is 15.1 Å². The summed E-state index contributed by atoms with van der Waals surface area (Å²) in [6, 6.07) is 0. The summed E-state index contributed by atoms with van der Waals surface area (Å²) in [5.41, 5.74) is 1.48. The fourth-order valence-electron chi connectivity index (χ4n) is 1.87. The molecule has 0 atom stereocenters. The first-order chi connectivity index (χ1) is 9.70. The summed E-state index contributed by atoms with van der Waals surface area (Å²) >= 11 is 0. The van der Waals surface area contributed by atoms with Gasteiger partial charge >= 0.3 is 5.97 Å². The second-order valence-electron chi connectivity index (χ2n) is 4.00. The van der Waals surface area contributed by atoms with Crippen LogP contribution >= 0.6 is 0 Å². The first-order valence-corrected chi connectivity index (χ1v) is 5.70. The average Bonchev–Trinajstić information content (AvgIpc) is 3.02. The Kier molecular flexibility index (Phi) is 2.92. The van der Waals surface area contributed by atoms with E-state index in [4.69, 9.17) is 14.3 Å². The Bertz CT molecular complexity index is 777. The van der Waals surface area contributed by atoms with Crippen LogP contribution in [0.25, 0.3) is 17.0 Å². The van der Waals surface area contributed by atoms with Crippen molar-refractivity contribution in [3.63, 3.8) is 0 Å². The van der Waals surface area contributed by atoms with Gasteiger partial charge in [-0.3, -0.25) is 4.98 Å². The molecule has 3 rings (SSSR count). The van der Waals surface area contributed by atoms with E-state index in [1.807, 2.05) is 0 Å². The van der Waals surface area contributed by atoms with Crippen molar-refractivity contribution in [2.75, 3.05) is 7.11 Å². The van der Waals surface area contributed by atoms with Crippen LogP contribution in [0, 0.1) is 0 Å². The van der Waals surface area contributed by atoms with Crippen molar-refractivity contribution in [3.05, 3.63) is 36.2 Å². The molecule has 3 heterocycles. The molecule has 0 amide bonds. The summed E-state index contributed by atoms with van der Waals surface area (Å²) in [4.78, 5) is 19.3. The minimum atomic E-state index is -1.19. The Hall–Kier alpha value is -2.74. The summed E-state index contributed by atoms with van der Waals surface area (Å²) in [5, 5.41) is 13.2. The van der Waals surface area contributed by atoms with Gasteiger partial charge in [-0.1, -0.05) is 0 Å². The number of carbonyl (C=O) groups is 1. The number of fused-ring (bicyclic) bond motifs is 1. The van der Waals surface area contributed by atoms with Gasteiger partial charge in [-0.05, 0) is 0 Å². The number of oxazole rings is 1. The van der Waals surface area contributed by atoms with E-state index < -0.39 is 5.97 Å². The van der Waals surface area contributed by atoms with Crippen LogP contribution in [0.5, 0.6) is 0 Å². The maximum atomic E-state index is 11.1. The zero-order valence-electron chi connectivity index (χ0n) is 10.5. The predicted molar refractivity (Wildman–Crippen MR) is 66.2 cm³/mol. The van der Waals surface area contributed by atoms with E-state index in [0.717, 1.165) is 0 Å². The van der Waals surface area contributed by atoms with Gasteiger partial charge < -0.3 is 14.3 Å². The molecule has 0 aliphatic heterocycles. The number of carboxylic acid groups (broad SMARTS) is 1. The van der Waals surface area contributed by atoms with Gasteiger partial charge in [0.1, 0.15) is 5.69 Å². The summed E-state index contributed by atoms with van der Waals surface area (Å²) in [5.74, 6) is -1.24. The van der Waals surface area contributed by atoms with Gasteiger partial charge in [0.25, 0.3) is 0 Å². The summed E-state index contributed by atoms with van der Waals surface area (Å²) in [6.45, 7) is 0.0581. The van der Waals surface area contributed by atoms with Crippen molar-refractivity contribution in [2.24, 2.45) is 0 Å². The zero-order chi connectivity index (χ0) is 14.1. The molecule has 102 valence electrons. The Morgan fingerprint density at radius 1 is 1.50 bits per heavy atom. The van der Waals surface area contributed by atoms with Crippen molar-refractivity contribution < 1.29 is 19.1 Å². The van der Waals surface area contributed by atoms with Crippen LogP contribution in [0.4, 0.5) is 0 Å². The van der Waals surface area contributed by atoms with Gasteiger partial charge in [-0.15, -0.1) is 0 Å². The van der Waals surface area contributed by atoms with E-state index >= 15 is 0 Å². The molecule has 3 aromatic rings. The van der Waals surface area contributed by atoms with Gasteiger partial charge in [0, 0.05) is 19.5 Å². The van der Waals surface area contributed by atoms with Gasteiger partial charge in [0.2, 0.25) is 11.7 Å². The zero-order valence-corrected chi connectivity index (χ0v) is 10.5. The van der Waals surface area contributed by atoms with Crippen molar-refractivity contribution in [3.8, 4) is 11.5 Å². The highest BCUT2D eigenvalue weighted by Gasteiger charge is 2.22. The Labute approximate surface area is 112 Å². The van der Waals surface area contributed by atoms with E-state index in [9.17, 15) is 4.79 Å². The van der Waals surface area contributed by atoms with Crippen LogP contribution in [0.1, 0.15) is 16.2 Å². The lowest BCUT2D eigenvalue weighted by atomic mass is 10.3. The van der Waals surface area contributed by atoms with Gasteiger partial charge in [0.15, 0.2) is 0 Å². The summed E-state index contributed by atoms with van der Waals surface area (Å²) in [7, 11) is 1.46. The standard InChI is InChI=1S/C12H10N4O4/c1-19-6-8-10(12(17)18)20-11(15-8)7-4-14-16-3-2-13-5-9(7)16/h2-5H,6H2,1H3,(H,17,18). The second-order valence-corrected chi connectivity index (χ2v) is 4.00. The number of ether oxygens (including phenoxy) is 1. The molecule has 1 N–H and O–H groups in total. The Morgan fingerprint density at radius 3 is 3.10 bits per heavy atom. The highest BCUT2D eigenvalue weighted by molar-refractivity contribution is 5.86. The molecule has 3 aromatic heterocycles. The molecule has 0 spiro atoms. The molecule has 0 unspecified atom stereocenters. The van der Waals surface area contributed by atoms with Crippen LogP contribution < -0.4 is 0 Å². The SMILES string of the molecule is COCc1nc(-c2cnn3ccncc23)oc1C(=O)O. The first-order valence-electron chi connectivity index (χ1n) is 5.70. The molecule has 0 fully saturated rings. The van der Waals surface area contributed by atoms with Gasteiger partial charge in [-0.2, -0.15) is 5.10 Å². The fraction of sp³-hybridized carbons (Fsp3) is 0.167. The fourth-order valence-corrected chi connectivity index (χ4v) is 1.87. The number of hydrogen-bond acceptors (Lipinski definition) is 6. The molecule has 20 heavy (non-hydrogen) atoms. The highest BCUT2D eigenvalue weighted by Crippen LogP contribution is 2.26. The van der Waals surface area contributed by atoms with Crippen LogP contribution in [-0.4, -0.2) is 37.8 Å². The molecule has 0 aromatic carbocycles. The maximum absolute atomic E-state index is 11.1. The second kappa shape index (κ2) is 4.74. The number of hydrogen-bond donors (Lipinski definition) is 1. The van der Waals surface area contributed by atoms with Crippen molar-refractivity contribution >= 4 is 11.5 Å². The lowest BCUT2D eigenvalue weighted by Crippen LogP contribution is -2.00. The van der Waals surface area contributed by atoms with E-state index in [1.54, 1.807) is 29.3 Å². The quantitative estimate of drug-likeness (QED) is 0.763. The Morgan fingerprint density at radius 2 is 2.35 bits per heavy atom. The molecule has 8 nitrogen and oxygen atoms in total. The molecule has 0 saturated carbocycles. The predicted octanol–water partition coefficient (Wildman–Crippen LogP) is 1.23. The third-order valence-electron chi connectivity index (χ3n) is 2.73. The molecule has 0 bridgehead atoms. The lowest BCUT2D eigenvalue weighted by molar-refractivity contribution is 0.0656. The van der Waals surface area contributed by atoms with Crippen molar-refractivity contribution in [2.45, 2.75) is 6.61 Å².